The topological polar surface area (TPSA) is 64.3 Å². The highest BCUT2D eigenvalue weighted by atomic mass is 35.5. The predicted molar refractivity (Wildman–Crippen MR) is 99.2 cm³/mol. The summed E-state index contributed by atoms with van der Waals surface area (Å²) in [6.07, 6.45) is -0.486. The first kappa shape index (κ1) is 19.4. The van der Waals surface area contributed by atoms with Crippen LogP contribution in [0.4, 0.5) is 10.5 Å². The number of carbonyl (C=O) groups is 1. The van der Waals surface area contributed by atoms with Gasteiger partial charge in [0.05, 0.1) is 0 Å². The summed E-state index contributed by atoms with van der Waals surface area (Å²) in [6.45, 7) is 12.2. The van der Waals surface area contributed by atoms with Crippen molar-refractivity contribution < 1.29 is 9.53 Å². The van der Waals surface area contributed by atoms with E-state index in [2.05, 4.69) is 36.4 Å². The Bertz CT molecular complexity index is 650. The summed E-state index contributed by atoms with van der Waals surface area (Å²) in [5, 5.41) is 3.19. The maximum atomic E-state index is 11.7. The number of nitrogen functional groups attached to an aromatic ring is 1. The van der Waals surface area contributed by atoms with Crippen molar-refractivity contribution in [2.24, 2.45) is 0 Å². The van der Waals surface area contributed by atoms with E-state index in [1.165, 1.54) is 0 Å². The van der Waals surface area contributed by atoms with Crippen LogP contribution in [0.2, 0.25) is 24.7 Å². The summed E-state index contributed by atoms with van der Waals surface area (Å²) in [6, 6.07) is 3.49. The van der Waals surface area contributed by atoms with Gasteiger partial charge in [-0.2, -0.15) is 0 Å². The first-order valence-corrected chi connectivity index (χ1v) is 11.3. The molecule has 1 aromatic rings. The van der Waals surface area contributed by atoms with Gasteiger partial charge in [0.1, 0.15) is 13.7 Å². The van der Waals surface area contributed by atoms with Crippen molar-refractivity contribution in [2.75, 3.05) is 5.73 Å². The monoisotopic (exact) mass is 352 g/mol. The Balaban J connectivity index is 2.91. The molecule has 0 aromatic heterocycles. The zero-order valence-corrected chi connectivity index (χ0v) is 16.4. The van der Waals surface area contributed by atoms with Gasteiger partial charge in [-0.15, -0.1) is 5.54 Å². The van der Waals surface area contributed by atoms with Crippen molar-refractivity contribution in [3.63, 3.8) is 0 Å². The largest absolute Gasteiger partial charge is 0.444 e. The third-order valence-electron chi connectivity index (χ3n) is 2.61. The Morgan fingerprint density at radius 1 is 1.35 bits per heavy atom. The van der Waals surface area contributed by atoms with Gasteiger partial charge in [0.25, 0.3) is 0 Å². The molecule has 0 fully saturated rings. The molecule has 0 heterocycles. The lowest BCUT2D eigenvalue weighted by Gasteiger charge is -2.20. The zero-order valence-electron chi connectivity index (χ0n) is 14.6. The second-order valence-electron chi connectivity index (χ2n) is 7.39. The van der Waals surface area contributed by atoms with Crippen LogP contribution in [-0.2, 0) is 11.3 Å². The second-order valence-corrected chi connectivity index (χ2v) is 12.5. The summed E-state index contributed by atoms with van der Waals surface area (Å²) >= 11 is 6.20. The van der Waals surface area contributed by atoms with Gasteiger partial charge in [0.15, 0.2) is 0 Å². The van der Waals surface area contributed by atoms with Crippen molar-refractivity contribution in [1.82, 2.24) is 5.32 Å². The highest BCUT2D eigenvalue weighted by Gasteiger charge is 2.16. The molecular formula is C17H25ClN2O2Si. The quantitative estimate of drug-likeness (QED) is 0.477. The van der Waals surface area contributed by atoms with Crippen molar-refractivity contribution in [3.05, 3.63) is 28.3 Å². The van der Waals surface area contributed by atoms with Gasteiger partial charge in [0, 0.05) is 22.8 Å². The van der Waals surface area contributed by atoms with Gasteiger partial charge in [0.2, 0.25) is 0 Å². The minimum atomic E-state index is -1.50. The summed E-state index contributed by atoms with van der Waals surface area (Å²) in [4.78, 5) is 11.7. The fraction of sp³-hybridized carbons (Fsp3) is 0.471. The molecule has 0 aliphatic heterocycles. The van der Waals surface area contributed by atoms with E-state index in [0.29, 0.717) is 10.7 Å². The molecule has 0 saturated carbocycles. The lowest BCUT2D eigenvalue weighted by molar-refractivity contribution is 0.0523. The summed E-state index contributed by atoms with van der Waals surface area (Å²) in [5.41, 5.74) is 10.7. The fourth-order valence-electron chi connectivity index (χ4n) is 1.61. The molecule has 0 saturated heterocycles. The maximum absolute atomic E-state index is 11.7. The normalized spacial score (nSPS) is 11.4. The van der Waals surface area contributed by atoms with Crippen molar-refractivity contribution in [3.8, 4) is 11.5 Å². The minimum Gasteiger partial charge on any atom is -0.444 e. The number of nitrogens with two attached hydrogens (primary N) is 1. The molecule has 3 N–H and O–H groups in total. The van der Waals surface area contributed by atoms with Crippen LogP contribution in [0.5, 0.6) is 0 Å². The number of anilines is 1. The maximum Gasteiger partial charge on any atom is 0.407 e. The molecule has 0 aliphatic rings. The van der Waals surface area contributed by atoms with Gasteiger partial charge < -0.3 is 15.8 Å². The zero-order chi connectivity index (χ0) is 17.8. The first-order chi connectivity index (χ1) is 10.4. The SMILES string of the molecule is CC(C)(C)OC(=O)NCc1cc(C#C[Si](C)(C)C)c(N)cc1Cl. The smallest absolute Gasteiger partial charge is 0.407 e. The van der Waals surface area contributed by atoms with Crippen LogP contribution >= 0.6 is 11.6 Å². The number of nitrogens with one attached hydrogen (secondary N) is 1. The number of hydrogen-bond acceptors (Lipinski definition) is 3. The Hall–Kier alpha value is -1.64. The number of ether oxygens (including phenoxy) is 1. The Kier molecular flexibility index (Phi) is 6.15. The van der Waals surface area contributed by atoms with Crippen molar-refractivity contribution in [1.29, 1.82) is 0 Å². The number of hydrogen-bond donors (Lipinski definition) is 2. The molecule has 0 atom stereocenters. The van der Waals surface area contributed by atoms with Crippen molar-refractivity contribution >= 4 is 31.5 Å². The molecule has 126 valence electrons. The number of amides is 1. The molecule has 1 rings (SSSR count). The van der Waals surface area contributed by atoms with E-state index in [9.17, 15) is 4.79 Å². The molecule has 0 aliphatic carbocycles. The van der Waals surface area contributed by atoms with Gasteiger partial charge in [-0.25, -0.2) is 4.79 Å². The summed E-state index contributed by atoms with van der Waals surface area (Å²) < 4.78 is 5.21. The number of halogens is 1. The summed E-state index contributed by atoms with van der Waals surface area (Å²) in [7, 11) is -1.50. The Morgan fingerprint density at radius 2 is 1.96 bits per heavy atom. The summed E-state index contributed by atoms with van der Waals surface area (Å²) in [5.74, 6) is 3.13. The van der Waals surface area contributed by atoms with Gasteiger partial charge in [-0.05, 0) is 38.5 Å². The third-order valence-corrected chi connectivity index (χ3v) is 3.84. The molecule has 0 bridgehead atoms. The molecule has 23 heavy (non-hydrogen) atoms. The van der Waals surface area contributed by atoms with E-state index in [-0.39, 0.29) is 6.54 Å². The average molecular weight is 353 g/mol. The average Bonchev–Trinajstić information content (AvgIpc) is 2.33. The van der Waals surface area contributed by atoms with Crippen LogP contribution in [0.3, 0.4) is 0 Å². The van der Waals surface area contributed by atoms with E-state index in [0.717, 1.165) is 11.1 Å². The van der Waals surface area contributed by atoms with Crippen LogP contribution in [0.1, 0.15) is 31.9 Å². The third kappa shape index (κ3) is 7.44. The van der Waals surface area contributed by atoms with E-state index in [1.807, 2.05) is 26.8 Å². The van der Waals surface area contributed by atoms with Crippen LogP contribution in [0.15, 0.2) is 12.1 Å². The van der Waals surface area contributed by atoms with E-state index < -0.39 is 19.8 Å². The molecule has 0 unspecified atom stereocenters. The molecular weight excluding hydrogens is 328 g/mol. The van der Waals surface area contributed by atoms with E-state index in [1.54, 1.807) is 6.07 Å². The van der Waals surface area contributed by atoms with Gasteiger partial charge >= 0.3 is 6.09 Å². The van der Waals surface area contributed by atoms with Gasteiger partial charge in [-0.1, -0.05) is 37.2 Å². The van der Waals surface area contributed by atoms with Crippen LogP contribution in [-0.4, -0.2) is 19.8 Å². The molecule has 0 spiro atoms. The molecule has 1 aromatic carbocycles. The first-order valence-electron chi connectivity index (χ1n) is 7.45. The highest BCUT2D eigenvalue weighted by Crippen LogP contribution is 2.23. The lowest BCUT2D eigenvalue weighted by atomic mass is 10.1. The lowest BCUT2D eigenvalue weighted by Crippen LogP contribution is -2.32. The van der Waals surface area contributed by atoms with E-state index in [4.69, 9.17) is 22.1 Å². The Labute approximate surface area is 144 Å². The fourth-order valence-corrected chi connectivity index (χ4v) is 2.36. The predicted octanol–water partition coefficient (Wildman–Crippen LogP) is 4.18. The minimum absolute atomic E-state index is 0.260. The number of benzene rings is 1. The van der Waals surface area contributed by atoms with Crippen molar-refractivity contribution in [2.45, 2.75) is 52.6 Å². The molecule has 6 heteroatoms. The second kappa shape index (κ2) is 7.29. The molecule has 4 nitrogen and oxygen atoms in total. The highest BCUT2D eigenvalue weighted by molar-refractivity contribution is 6.83. The van der Waals surface area contributed by atoms with Crippen LogP contribution in [0.25, 0.3) is 0 Å². The van der Waals surface area contributed by atoms with Gasteiger partial charge in [-0.3, -0.25) is 0 Å². The standard InChI is InChI=1S/C17H25ClN2O2Si/c1-17(2,3)22-16(21)20-11-13-9-12(7-8-23(4,5)6)15(19)10-14(13)18/h9-10H,11,19H2,1-6H3,(H,20,21). The number of rotatable bonds is 2. The Morgan fingerprint density at radius 3 is 2.48 bits per heavy atom. The number of alkyl carbamates (subject to hydrolysis) is 1. The van der Waals surface area contributed by atoms with Crippen LogP contribution < -0.4 is 11.1 Å². The van der Waals surface area contributed by atoms with E-state index >= 15 is 0 Å². The molecule has 1 amide bonds. The number of carbonyl (C=O) groups excluding carboxylic acids is 1. The van der Waals surface area contributed by atoms with Crippen LogP contribution in [0, 0.1) is 11.5 Å². The molecule has 0 radical (unpaired) electrons.